The van der Waals surface area contributed by atoms with Crippen molar-refractivity contribution in [2.75, 3.05) is 13.1 Å². The Labute approximate surface area is 82.5 Å². The first-order chi connectivity index (χ1) is 6.33. The summed E-state index contributed by atoms with van der Waals surface area (Å²) in [5, 5.41) is 7.06. The molecular weight excluding hydrogens is 160 g/mol. The van der Waals surface area contributed by atoms with Gasteiger partial charge in [0, 0.05) is 12.1 Å². The van der Waals surface area contributed by atoms with Crippen molar-refractivity contribution in [2.24, 2.45) is 0 Å². The highest BCUT2D eigenvalue weighted by atomic mass is 15.0. The van der Waals surface area contributed by atoms with Crippen molar-refractivity contribution in [2.45, 2.75) is 58.0 Å². The summed E-state index contributed by atoms with van der Waals surface area (Å²) in [6.07, 6.45) is 6.66. The van der Waals surface area contributed by atoms with E-state index in [0.717, 1.165) is 6.04 Å². The maximum atomic E-state index is 3.54. The van der Waals surface area contributed by atoms with Crippen molar-refractivity contribution < 1.29 is 0 Å². The Kier molecular flexibility index (Phi) is 5.40. The van der Waals surface area contributed by atoms with Gasteiger partial charge in [-0.3, -0.25) is 0 Å². The SMILES string of the molecule is CCCC(C)NCCCNC1CC1. The maximum absolute atomic E-state index is 3.54. The lowest BCUT2D eigenvalue weighted by Gasteiger charge is -2.12. The number of hydrogen-bond donors (Lipinski definition) is 2. The van der Waals surface area contributed by atoms with Crippen LogP contribution >= 0.6 is 0 Å². The van der Waals surface area contributed by atoms with Crippen molar-refractivity contribution in [3.63, 3.8) is 0 Å². The highest BCUT2D eigenvalue weighted by molar-refractivity contribution is 4.80. The van der Waals surface area contributed by atoms with Gasteiger partial charge in [0.05, 0.1) is 0 Å². The molecule has 0 heterocycles. The van der Waals surface area contributed by atoms with E-state index in [1.54, 1.807) is 0 Å². The van der Waals surface area contributed by atoms with Crippen LogP contribution in [0.25, 0.3) is 0 Å². The molecular formula is C11H24N2. The fourth-order valence-corrected chi connectivity index (χ4v) is 1.57. The minimum absolute atomic E-state index is 0.700. The molecule has 2 heteroatoms. The van der Waals surface area contributed by atoms with Gasteiger partial charge in [0.1, 0.15) is 0 Å². The van der Waals surface area contributed by atoms with Gasteiger partial charge in [-0.1, -0.05) is 13.3 Å². The topological polar surface area (TPSA) is 24.1 Å². The van der Waals surface area contributed by atoms with Gasteiger partial charge in [-0.05, 0) is 45.7 Å². The van der Waals surface area contributed by atoms with Crippen molar-refractivity contribution in [3.8, 4) is 0 Å². The number of rotatable bonds is 8. The Morgan fingerprint density at radius 2 is 2.08 bits per heavy atom. The lowest BCUT2D eigenvalue weighted by molar-refractivity contribution is 0.492. The molecule has 0 spiro atoms. The molecule has 1 unspecified atom stereocenters. The van der Waals surface area contributed by atoms with Crippen LogP contribution in [0.4, 0.5) is 0 Å². The third-order valence-corrected chi connectivity index (χ3v) is 2.58. The predicted octanol–water partition coefficient (Wildman–Crippen LogP) is 1.91. The quantitative estimate of drug-likeness (QED) is 0.563. The summed E-state index contributed by atoms with van der Waals surface area (Å²) in [5.74, 6) is 0. The Bertz CT molecular complexity index is 121. The Morgan fingerprint density at radius 3 is 2.69 bits per heavy atom. The summed E-state index contributed by atoms with van der Waals surface area (Å²) in [7, 11) is 0. The van der Waals surface area contributed by atoms with Crippen LogP contribution in [0.1, 0.15) is 46.0 Å². The van der Waals surface area contributed by atoms with E-state index in [2.05, 4.69) is 24.5 Å². The van der Waals surface area contributed by atoms with Crippen LogP contribution in [-0.4, -0.2) is 25.2 Å². The Hall–Kier alpha value is -0.0800. The second-order valence-corrected chi connectivity index (χ2v) is 4.23. The van der Waals surface area contributed by atoms with Crippen LogP contribution in [0.15, 0.2) is 0 Å². The predicted molar refractivity (Wildman–Crippen MR) is 58.0 cm³/mol. The van der Waals surface area contributed by atoms with Gasteiger partial charge in [-0.2, -0.15) is 0 Å². The maximum Gasteiger partial charge on any atom is 0.00682 e. The van der Waals surface area contributed by atoms with Crippen molar-refractivity contribution in [1.82, 2.24) is 10.6 Å². The molecule has 2 N–H and O–H groups in total. The molecule has 78 valence electrons. The largest absolute Gasteiger partial charge is 0.314 e. The first kappa shape index (κ1) is 11.0. The average molecular weight is 184 g/mol. The molecule has 1 rings (SSSR count). The molecule has 0 aliphatic heterocycles. The van der Waals surface area contributed by atoms with Crippen LogP contribution in [0.5, 0.6) is 0 Å². The van der Waals surface area contributed by atoms with Crippen molar-refractivity contribution in [3.05, 3.63) is 0 Å². The zero-order chi connectivity index (χ0) is 9.52. The number of nitrogens with one attached hydrogen (secondary N) is 2. The molecule has 2 nitrogen and oxygen atoms in total. The molecule has 1 aliphatic rings. The Morgan fingerprint density at radius 1 is 1.31 bits per heavy atom. The first-order valence-electron chi connectivity index (χ1n) is 5.79. The summed E-state index contributed by atoms with van der Waals surface area (Å²) in [4.78, 5) is 0. The van der Waals surface area contributed by atoms with Gasteiger partial charge in [-0.15, -0.1) is 0 Å². The normalized spacial score (nSPS) is 18.9. The summed E-state index contributed by atoms with van der Waals surface area (Å²) >= 11 is 0. The molecule has 0 aromatic heterocycles. The Balaban J connectivity index is 1.76. The molecule has 1 atom stereocenters. The molecule has 1 aliphatic carbocycles. The van der Waals surface area contributed by atoms with Crippen LogP contribution in [-0.2, 0) is 0 Å². The van der Waals surface area contributed by atoms with Crippen molar-refractivity contribution >= 4 is 0 Å². The first-order valence-corrected chi connectivity index (χ1v) is 5.79. The van der Waals surface area contributed by atoms with Gasteiger partial charge >= 0.3 is 0 Å². The number of hydrogen-bond acceptors (Lipinski definition) is 2. The molecule has 0 saturated heterocycles. The van der Waals surface area contributed by atoms with E-state index in [1.807, 2.05) is 0 Å². The van der Waals surface area contributed by atoms with Gasteiger partial charge in [0.25, 0.3) is 0 Å². The minimum Gasteiger partial charge on any atom is -0.314 e. The van der Waals surface area contributed by atoms with Crippen LogP contribution in [0, 0.1) is 0 Å². The van der Waals surface area contributed by atoms with E-state index in [9.17, 15) is 0 Å². The third kappa shape index (κ3) is 6.05. The van der Waals surface area contributed by atoms with Gasteiger partial charge < -0.3 is 10.6 Å². The molecule has 0 aromatic carbocycles. The average Bonchev–Trinajstić information content (AvgIpc) is 2.88. The van der Waals surface area contributed by atoms with E-state index in [0.29, 0.717) is 6.04 Å². The smallest absolute Gasteiger partial charge is 0.00682 e. The van der Waals surface area contributed by atoms with E-state index in [-0.39, 0.29) is 0 Å². The standard InChI is InChI=1S/C11H24N2/c1-3-5-10(2)12-8-4-9-13-11-6-7-11/h10-13H,3-9H2,1-2H3. The second kappa shape index (κ2) is 6.39. The van der Waals surface area contributed by atoms with Gasteiger partial charge in [0.2, 0.25) is 0 Å². The van der Waals surface area contributed by atoms with Gasteiger partial charge in [-0.25, -0.2) is 0 Å². The van der Waals surface area contributed by atoms with E-state index >= 15 is 0 Å². The zero-order valence-corrected chi connectivity index (χ0v) is 9.10. The summed E-state index contributed by atoms with van der Waals surface area (Å²) < 4.78 is 0. The second-order valence-electron chi connectivity index (χ2n) is 4.23. The highest BCUT2D eigenvalue weighted by Gasteiger charge is 2.19. The lowest BCUT2D eigenvalue weighted by Crippen LogP contribution is -2.29. The summed E-state index contributed by atoms with van der Waals surface area (Å²) in [5.41, 5.74) is 0. The van der Waals surface area contributed by atoms with E-state index < -0.39 is 0 Å². The molecule has 0 aromatic rings. The van der Waals surface area contributed by atoms with E-state index in [4.69, 9.17) is 0 Å². The summed E-state index contributed by atoms with van der Waals surface area (Å²) in [6, 6.07) is 1.57. The third-order valence-electron chi connectivity index (χ3n) is 2.58. The fourth-order valence-electron chi connectivity index (χ4n) is 1.57. The molecule has 13 heavy (non-hydrogen) atoms. The van der Waals surface area contributed by atoms with E-state index in [1.165, 1.54) is 45.2 Å². The lowest BCUT2D eigenvalue weighted by atomic mass is 10.2. The summed E-state index contributed by atoms with van der Waals surface area (Å²) in [6.45, 7) is 6.88. The molecule has 1 saturated carbocycles. The van der Waals surface area contributed by atoms with Crippen molar-refractivity contribution in [1.29, 1.82) is 0 Å². The van der Waals surface area contributed by atoms with Crippen LogP contribution < -0.4 is 10.6 Å². The molecule has 0 radical (unpaired) electrons. The highest BCUT2D eigenvalue weighted by Crippen LogP contribution is 2.18. The van der Waals surface area contributed by atoms with Gasteiger partial charge in [0.15, 0.2) is 0 Å². The molecule has 0 amide bonds. The monoisotopic (exact) mass is 184 g/mol. The minimum atomic E-state index is 0.700. The zero-order valence-electron chi connectivity index (χ0n) is 9.10. The van der Waals surface area contributed by atoms with Crippen LogP contribution in [0.3, 0.4) is 0 Å². The fraction of sp³-hybridized carbons (Fsp3) is 1.00. The molecule has 1 fully saturated rings. The molecule has 0 bridgehead atoms. The van der Waals surface area contributed by atoms with Crippen LogP contribution in [0.2, 0.25) is 0 Å².